The van der Waals surface area contributed by atoms with Gasteiger partial charge in [-0.05, 0) is 49.2 Å². The van der Waals surface area contributed by atoms with E-state index in [-0.39, 0.29) is 0 Å². The van der Waals surface area contributed by atoms with Crippen LogP contribution in [-0.2, 0) is 0 Å². The van der Waals surface area contributed by atoms with Gasteiger partial charge in [-0.2, -0.15) is 0 Å². The van der Waals surface area contributed by atoms with Crippen molar-refractivity contribution in [2.45, 2.75) is 13.8 Å². The average Bonchev–Trinajstić information content (AvgIpc) is 3.44. The summed E-state index contributed by atoms with van der Waals surface area (Å²) in [4.78, 5) is 0. The fourth-order valence-electron chi connectivity index (χ4n) is 5.66. The molecule has 0 N–H and O–H groups in total. The Hall–Kier alpha value is -4.56. The number of aryl methyl sites for hydroxylation is 2. The lowest BCUT2D eigenvalue weighted by Crippen LogP contribution is -2.10. The highest BCUT2D eigenvalue weighted by Gasteiger charge is 2.18. The second kappa shape index (κ2) is 8.00. The Kier molecular flexibility index (Phi) is 4.62. The number of nitrogens with zero attached hydrogens (tertiary/aromatic N) is 2. The molecule has 0 amide bonds. The molecule has 0 saturated carbocycles. The van der Waals surface area contributed by atoms with Crippen LogP contribution in [0.4, 0.5) is 0 Å². The third kappa shape index (κ3) is 3.19. The molecule has 0 spiro atoms. The number of benzene rings is 5. The zero-order chi connectivity index (χ0) is 24.2. The molecule has 5 aromatic carbocycles. The van der Waals surface area contributed by atoms with Gasteiger partial charge in [0.2, 0.25) is 0 Å². The van der Waals surface area contributed by atoms with Crippen molar-refractivity contribution in [2.75, 3.05) is 0 Å². The van der Waals surface area contributed by atoms with Crippen LogP contribution in [0.15, 0.2) is 121 Å². The topological polar surface area (TPSA) is 9.86 Å². The van der Waals surface area contributed by atoms with E-state index in [2.05, 4.69) is 145 Å². The fraction of sp³-hybridized carbons (Fsp3) is 0.0588. The molecule has 0 aliphatic rings. The largest absolute Gasteiger partial charge is 0.248 e. The minimum Gasteiger partial charge on any atom is -0.248 e. The first-order valence-corrected chi connectivity index (χ1v) is 12.5. The van der Waals surface area contributed by atoms with Gasteiger partial charge in [0.25, 0.3) is 0 Å². The lowest BCUT2D eigenvalue weighted by molar-refractivity contribution is 0.754. The number of hydrogen-bond acceptors (Lipinski definition) is 0. The van der Waals surface area contributed by atoms with Crippen LogP contribution >= 0.6 is 0 Å². The molecule has 2 heteroatoms. The van der Waals surface area contributed by atoms with Crippen LogP contribution in [0.2, 0.25) is 0 Å². The van der Waals surface area contributed by atoms with E-state index in [0.717, 1.165) is 0 Å². The maximum Gasteiger partial charge on any atom is 0.0722 e. The van der Waals surface area contributed by atoms with Crippen LogP contribution in [0.3, 0.4) is 0 Å². The predicted octanol–water partition coefficient (Wildman–Crippen LogP) is 9.01. The van der Waals surface area contributed by atoms with Crippen LogP contribution in [-0.4, -0.2) is 9.35 Å². The minimum atomic E-state index is 1.18. The Morgan fingerprint density at radius 1 is 0.417 bits per heavy atom. The van der Waals surface area contributed by atoms with Crippen LogP contribution in [0.1, 0.15) is 11.1 Å². The van der Waals surface area contributed by atoms with Gasteiger partial charge in [-0.3, -0.25) is 0 Å². The summed E-state index contributed by atoms with van der Waals surface area (Å²) in [6, 6.07) is 44.1. The van der Waals surface area contributed by atoms with Crippen molar-refractivity contribution in [3.63, 3.8) is 0 Å². The molecule has 0 radical (unpaired) electrons. The standard InChI is InChI=1S/C34H26N2/c1-23-18-24(2)20-28(19-23)26-16-17-30-29-13-7-9-15-32(29)36(34(30)21-26)35-31-14-8-6-12-27(31)22-33(35)25-10-4-3-5-11-25/h3-22H,1-2H3. The Morgan fingerprint density at radius 2 is 1.08 bits per heavy atom. The summed E-state index contributed by atoms with van der Waals surface area (Å²) < 4.78 is 4.79. The molecule has 0 fully saturated rings. The molecule has 0 atom stereocenters. The molecule has 36 heavy (non-hydrogen) atoms. The van der Waals surface area contributed by atoms with Gasteiger partial charge in [-0.1, -0.05) is 108 Å². The molecular weight excluding hydrogens is 436 g/mol. The maximum absolute atomic E-state index is 2.40. The number of hydrogen-bond donors (Lipinski definition) is 0. The highest BCUT2D eigenvalue weighted by molar-refractivity contribution is 6.09. The normalized spacial score (nSPS) is 11.6. The lowest BCUT2D eigenvalue weighted by atomic mass is 9.99. The predicted molar refractivity (Wildman–Crippen MR) is 153 cm³/mol. The van der Waals surface area contributed by atoms with Crippen molar-refractivity contribution in [1.82, 2.24) is 9.35 Å². The molecule has 172 valence electrons. The monoisotopic (exact) mass is 462 g/mol. The van der Waals surface area contributed by atoms with E-state index in [4.69, 9.17) is 0 Å². The van der Waals surface area contributed by atoms with Gasteiger partial charge in [-0.25, -0.2) is 9.35 Å². The second-order valence-corrected chi connectivity index (χ2v) is 9.70. The molecule has 2 heterocycles. The Labute approximate surface area is 210 Å². The number of fused-ring (bicyclic) bond motifs is 4. The van der Waals surface area contributed by atoms with E-state index >= 15 is 0 Å². The third-order valence-electron chi connectivity index (χ3n) is 7.16. The van der Waals surface area contributed by atoms with Crippen molar-refractivity contribution >= 4 is 32.7 Å². The first-order valence-electron chi connectivity index (χ1n) is 12.5. The van der Waals surface area contributed by atoms with Crippen LogP contribution in [0.5, 0.6) is 0 Å². The highest BCUT2D eigenvalue weighted by atomic mass is 15.5. The van der Waals surface area contributed by atoms with Crippen molar-refractivity contribution in [3.05, 3.63) is 132 Å². The van der Waals surface area contributed by atoms with E-state index in [1.165, 1.54) is 66.2 Å². The molecule has 0 unspecified atom stereocenters. The molecule has 2 nitrogen and oxygen atoms in total. The van der Waals surface area contributed by atoms with E-state index < -0.39 is 0 Å². The number of rotatable bonds is 3. The van der Waals surface area contributed by atoms with Gasteiger partial charge in [0.15, 0.2) is 0 Å². The highest BCUT2D eigenvalue weighted by Crippen LogP contribution is 2.37. The lowest BCUT2D eigenvalue weighted by Gasteiger charge is -2.16. The van der Waals surface area contributed by atoms with Gasteiger partial charge in [0, 0.05) is 21.7 Å². The van der Waals surface area contributed by atoms with Crippen LogP contribution in [0, 0.1) is 13.8 Å². The summed E-state index contributed by atoms with van der Waals surface area (Å²) in [6.45, 7) is 4.34. The molecule has 7 aromatic rings. The summed E-state index contributed by atoms with van der Waals surface area (Å²) in [7, 11) is 0. The third-order valence-corrected chi connectivity index (χ3v) is 7.16. The zero-order valence-electron chi connectivity index (χ0n) is 20.4. The van der Waals surface area contributed by atoms with Crippen molar-refractivity contribution in [1.29, 1.82) is 0 Å². The molecule has 0 aliphatic carbocycles. The molecule has 0 aliphatic heterocycles. The number of aromatic nitrogens is 2. The van der Waals surface area contributed by atoms with Gasteiger partial charge in [-0.15, -0.1) is 0 Å². The second-order valence-electron chi connectivity index (χ2n) is 9.70. The van der Waals surface area contributed by atoms with Gasteiger partial charge in [0.1, 0.15) is 0 Å². The molecular formula is C34H26N2. The average molecular weight is 463 g/mol. The Bertz CT molecular complexity index is 1880. The zero-order valence-corrected chi connectivity index (χ0v) is 20.4. The molecule has 0 bridgehead atoms. The van der Waals surface area contributed by atoms with Gasteiger partial charge in [0.05, 0.1) is 22.2 Å². The first-order chi connectivity index (χ1) is 17.7. The van der Waals surface area contributed by atoms with E-state index in [1.54, 1.807) is 0 Å². The summed E-state index contributed by atoms with van der Waals surface area (Å²) in [5.74, 6) is 0. The first kappa shape index (κ1) is 20.8. The summed E-state index contributed by atoms with van der Waals surface area (Å²) in [5, 5.41) is 3.75. The molecule has 0 saturated heterocycles. The quantitative estimate of drug-likeness (QED) is 0.248. The van der Waals surface area contributed by atoms with Crippen molar-refractivity contribution in [2.24, 2.45) is 0 Å². The van der Waals surface area contributed by atoms with Gasteiger partial charge < -0.3 is 0 Å². The molecule has 2 aromatic heterocycles. The van der Waals surface area contributed by atoms with E-state index in [0.29, 0.717) is 0 Å². The van der Waals surface area contributed by atoms with Crippen LogP contribution in [0.25, 0.3) is 55.1 Å². The maximum atomic E-state index is 2.40. The van der Waals surface area contributed by atoms with E-state index in [9.17, 15) is 0 Å². The van der Waals surface area contributed by atoms with E-state index in [1.807, 2.05) is 0 Å². The molecule has 7 rings (SSSR count). The summed E-state index contributed by atoms with van der Waals surface area (Å²) in [5.41, 5.74) is 11.0. The number of para-hydroxylation sites is 2. The van der Waals surface area contributed by atoms with Crippen molar-refractivity contribution in [3.8, 4) is 22.4 Å². The summed E-state index contributed by atoms with van der Waals surface area (Å²) in [6.07, 6.45) is 0. The van der Waals surface area contributed by atoms with Gasteiger partial charge >= 0.3 is 0 Å². The fourth-order valence-corrected chi connectivity index (χ4v) is 5.66. The minimum absolute atomic E-state index is 1.18. The van der Waals surface area contributed by atoms with Crippen LogP contribution < -0.4 is 0 Å². The smallest absolute Gasteiger partial charge is 0.0722 e. The van der Waals surface area contributed by atoms with Crippen molar-refractivity contribution < 1.29 is 0 Å². The Morgan fingerprint density at radius 3 is 1.89 bits per heavy atom. The summed E-state index contributed by atoms with van der Waals surface area (Å²) >= 11 is 0. The SMILES string of the molecule is Cc1cc(C)cc(-c2ccc3c4ccccc4n(-n4c(-c5ccccc5)cc5ccccc54)c3c2)c1. The Balaban J connectivity index is 1.62.